The molecule has 0 aliphatic carbocycles. The van der Waals surface area contributed by atoms with Crippen LogP contribution in [0.4, 0.5) is 0 Å². The van der Waals surface area contributed by atoms with E-state index >= 15 is 0 Å². The highest BCUT2D eigenvalue weighted by Crippen LogP contribution is 2.29. The third kappa shape index (κ3) is 4.13. The summed E-state index contributed by atoms with van der Waals surface area (Å²) in [6, 6.07) is 12.9. The Kier molecular flexibility index (Phi) is 5.03. The van der Waals surface area contributed by atoms with Gasteiger partial charge in [-0.25, -0.2) is 4.99 Å². The predicted molar refractivity (Wildman–Crippen MR) is 111 cm³/mol. The van der Waals surface area contributed by atoms with Crippen LogP contribution < -0.4 is 4.74 Å². The van der Waals surface area contributed by atoms with E-state index in [-0.39, 0.29) is 12.0 Å². The maximum atomic E-state index is 12.6. The Bertz CT molecular complexity index is 1060. The van der Waals surface area contributed by atoms with Gasteiger partial charge in [0.15, 0.2) is 0 Å². The molecule has 0 bridgehead atoms. The van der Waals surface area contributed by atoms with Gasteiger partial charge in [-0.1, -0.05) is 0 Å². The van der Waals surface area contributed by atoms with Gasteiger partial charge in [0.25, 0.3) is 5.91 Å². The van der Waals surface area contributed by atoms with Crippen molar-refractivity contribution in [2.45, 2.75) is 13.0 Å². The number of H-pyrrole nitrogens is 1. The number of benzene rings is 1. The summed E-state index contributed by atoms with van der Waals surface area (Å²) in [6.45, 7) is 2.64. The zero-order chi connectivity index (χ0) is 20.4. The Hall–Kier alpha value is -3.61. The first kappa shape index (κ1) is 18.7. The monoisotopic (exact) mass is 390 g/mol. The number of hydrogen-bond acceptors (Lipinski definition) is 5. The number of nitrogens with zero attached hydrogens (tertiary/aromatic N) is 3. The average molecular weight is 390 g/mol. The molecule has 1 aromatic carbocycles. The number of carbonyl (C=O) groups excluding carboxylic acids is 1. The van der Waals surface area contributed by atoms with Crippen molar-refractivity contribution in [2.75, 3.05) is 20.6 Å². The van der Waals surface area contributed by atoms with Crippen LogP contribution in [0.15, 0.2) is 59.9 Å². The maximum Gasteiger partial charge on any atom is 0.253 e. The van der Waals surface area contributed by atoms with Crippen LogP contribution in [0.5, 0.6) is 11.5 Å². The number of aromatic nitrogens is 2. The van der Waals surface area contributed by atoms with Gasteiger partial charge >= 0.3 is 0 Å². The lowest BCUT2D eigenvalue weighted by Gasteiger charge is -2.14. The SMILES string of the molecule is C[C@H]1CN=C(c2ccc(-c3cc(Oc4cccnc4)cc(C(=O)N(C)C)c3)[nH]2)O1. The molecule has 0 fully saturated rings. The van der Waals surface area contributed by atoms with E-state index in [9.17, 15) is 4.79 Å². The Labute approximate surface area is 169 Å². The van der Waals surface area contributed by atoms with Crippen LogP contribution in [-0.2, 0) is 4.74 Å². The molecule has 7 heteroatoms. The Morgan fingerprint density at radius 2 is 2.00 bits per heavy atom. The van der Waals surface area contributed by atoms with Crippen molar-refractivity contribution in [3.63, 3.8) is 0 Å². The summed E-state index contributed by atoms with van der Waals surface area (Å²) in [6.07, 6.45) is 3.39. The first-order valence-corrected chi connectivity index (χ1v) is 9.35. The predicted octanol–water partition coefficient (Wildman–Crippen LogP) is 3.74. The minimum absolute atomic E-state index is 0.0808. The summed E-state index contributed by atoms with van der Waals surface area (Å²) in [5, 5.41) is 0. The Morgan fingerprint density at radius 3 is 2.69 bits per heavy atom. The lowest BCUT2D eigenvalue weighted by atomic mass is 10.1. The van der Waals surface area contributed by atoms with Crippen molar-refractivity contribution >= 4 is 11.8 Å². The van der Waals surface area contributed by atoms with Gasteiger partial charge in [0.1, 0.15) is 23.3 Å². The largest absolute Gasteiger partial charge is 0.471 e. The molecule has 1 aliphatic heterocycles. The normalized spacial score (nSPS) is 15.6. The van der Waals surface area contributed by atoms with Crippen molar-refractivity contribution in [1.29, 1.82) is 0 Å². The molecule has 1 amide bonds. The molecule has 1 N–H and O–H groups in total. The quantitative estimate of drug-likeness (QED) is 0.720. The third-order valence-corrected chi connectivity index (χ3v) is 4.46. The molecule has 148 valence electrons. The van der Waals surface area contributed by atoms with E-state index in [0.29, 0.717) is 29.5 Å². The number of aliphatic imine (C=N–C) groups is 1. The van der Waals surface area contributed by atoms with Crippen LogP contribution in [0.1, 0.15) is 23.0 Å². The average Bonchev–Trinajstić information content (AvgIpc) is 3.37. The number of nitrogens with one attached hydrogen (secondary N) is 1. The summed E-state index contributed by atoms with van der Waals surface area (Å²) in [7, 11) is 3.44. The van der Waals surface area contributed by atoms with Gasteiger partial charge in [0.2, 0.25) is 5.90 Å². The van der Waals surface area contributed by atoms with Crippen molar-refractivity contribution < 1.29 is 14.3 Å². The highest BCUT2D eigenvalue weighted by atomic mass is 16.5. The number of aromatic amines is 1. The van der Waals surface area contributed by atoms with E-state index < -0.39 is 0 Å². The van der Waals surface area contributed by atoms with Crippen LogP contribution >= 0.6 is 0 Å². The molecular weight excluding hydrogens is 368 g/mol. The van der Waals surface area contributed by atoms with E-state index in [1.165, 1.54) is 4.90 Å². The first-order valence-electron chi connectivity index (χ1n) is 9.35. The van der Waals surface area contributed by atoms with Crippen LogP contribution in [0.25, 0.3) is 11.3 Å². The minimum Gasteiger partial charge on any atom is -0.471 e. The summed E-state index contributed by atoms with van der Waals surface area (Å²) in [5.41, 5.74) is 3.01. The lowest BCUT2D eigenvalue weighted by molar-refractivity contribution is 0.0827. The number of hydrogen-bond donors (Lipinski definition) is 1. The molecule has 3 heterocycles. The van der Waals surface area contributed by atoms with E-state index in [1.54, 1.807) is 38.6 Å². The minimum atomic E-state index is -0.105. The zero-order valence-electron chi connectivity index (χ0n) is 16.5. The van der Waals surface area contributed by atoms with Crippen molar-refractivity contribution in [2.24, 2.45) is 4.99 Å². The molecule has 7 nitrogen and oxygen atoms in total. The van der Waals surface area contributed by atoms with Gasteiger partial charge in [-0.15, -0.1) is 0 Å². The summed E-state index contributed by atoms with van der Waals surface area (Å²) < 4.78 is 11.7. The number of carbonyl (C=O) groups is 1. The molecule has 0 unspecified atom stereocenters. The summed E-state index contributed by atoms with van der Waals surface area (Å²) >= 11 is 0. The Balaban J connectivity index is 1.70. The second kappa shape index (κ2) is 7.79. The second-order valence-electron chi connectivity index (χ2n) is 7.10. The first-order chi connectivity index (χ1) is 14.0. The molecule has 2 aromatic heterocycles. The molecule has 0 saturated heterocycles. The van der Waals surface area contributed by atoms with Crippen LogP contribution in [0, 0.1) is 0 Å². The van der Waals surface area contributed by atoms with Gasteiger partial charge < -0.3 is 19.4 Å². The van der Waals surface area contributed by atoms with E-state index in [4.69, 9.17) is 9.47 Å². The van der Waals surface area contributed by atoms with Crippen LogP contribution in [0.3, 0.4) is 0 Å². The molecular formula is C22H22N4O3. The molecule has 0 saturated carbocycles. The van der Waals surface area contributed by atoms with Gasteiger partial charge in [-0.05, 0) is 49.4 Å². The third-order valence-electron chi connectivity index (χ3n) is 4.46. The standard InChI is InChI=1S/C22H22N4O3/c1-14-12-24-21(28-14)20-7-6-19(25-20)15-9-16(22(27)26(2)3)11-18(10-15)29-17-5-4-8-23-13-17/h4-11,13-14,25H,12H2,1-3H3/t14-/m0/s1. The van der Waals surface area contributed by atoms with Crippen LogP contribution in [0.2, 0.25) is 0 Å². The highest BCUT2D eigenvalue weighted by molar-refractivity contribution is 5.96. The lowest BCUT2D eigenvalue weighted by Crippen LogP contribution is -2.21. The highest BCUT2D eigenvalue weighted by Gasteiger charge is 2.19. The van der Waals surface area contributed by atoms with E-state index in [0.717, 1.165) is 17.0 Å². The molecule has 1 atom stereocenters. The maximum absolute atomic E-state index is 12.6. The summed E-state index contributed by atoms with van der Waals surface area (Å²) in [5.74, 6) is 1.66. The van der Waals surface area contributed by atoms with Gasteiger partial charge in [-0.2, -0.15) is 0 Å². The Morgan fingerprint density at radius 1 is 1.17 bits per heavy atom. The smallest absolute Gasteiger partial charge is 0.253 e. The van der Waals surface area contributed by atoms with Crippen molar-refractivity contribution in [3.05, 3.63) is 66.1 Å². The molecule has 0 radical (unpaired) electrons. The van der Waals surface area contributed by atoms with E-state index in [2.05, 4.69) is 15.0 Å². The van der Waals surface area contributed by atoms with E-state index in [1.807, 2.05) is 37.3 Å². The fourth-order valence-electron chi connectivity index (χ4n) is 3.05. The van der Waals surface area contributed by atoms with Gasteiger partial charge in [0, 0.05) is 37.1 Å². The molecule has 3 aromatic rings. The molecule has 1 aliphatic rings. The molecule has 0 spiro atoms. The number of pyridine rings is 1. The fraction of sp³-hybridized carbons (Fsp3) is 0.227. The molecule has 29 heavy (non-hydrogen) atoms. The fourth-order valence-corrected chi connectivity index (χ4v) is 3.05. The molecule has 4 rings (SSSR count). The van der Waals surface area contributed by atoms with Gasteiger partial charge in [0.05, 0.1) is 12.7 Å². The zero-order valence-corrected chi connectivity index (χ0v) is 16.5. The number of rotatable bonds is 5. The number of ether oxygens (including phenoxy) is 2. The van der Waals surface area contributed by atoms with Crippen LogP contribution in [-0.4, -0.2) is 53.4 Å². The van der Waals surface area contributed by atoms with Gasteiger partial charge in [-0.3, -0.25) is 9.78 Å². The van der Waals surface area contributed by atoms with Crippen molar-refractivity contribution in [3.8, 4) is 22.8 Å². The van der Waals surface area contributed by atoms with Crippen molar-refractivity contribution in [1.82, 2.24) is 14.9 Å². The summed E-state index contributed by atoms with van der Waals surface area (Å²) in [4.78, 5) is 25.9. The topological polar surface area (TPSA) is 79.8 Å². The number of amides is 1. The second-order valence-corrected chi connectivity index (χ2v) is 7.10.